The van der Waals surface area contributed by atoms with Gasteiger partial charge in [-0.05, 0) is 36.6 Å². The van der Waals surface area contributed by atoms with E-state index in [2.05, 4.69) is 32.0 Å². The molecule has 1 unspecified atom stereocenters. The molecule has 0 aliphatic carbocycles. The number of nitrogens with two attached hydrogens (primary N) is 1. The third-order valence-electron chi connectivity index (χ3n) is 3.10. The van der Waals surface area contributed by atoms with Crippen molar-refractivity contribution in [2.45, 2.75) is 32.7 Å². The van der Waals surface area contributed by atoms with Gasteiger partial charge in [-0.25, -0.2) is 0 Å². The maximum atomic E-state index is 6.17. The molecule has 2 nitrogen and oxygen atoms in total. The van der Waals surface area contributed by atoms with Gasteiger partial charge in [-0.3, -0.25) is 0 Å². The molecule has 1 aromatic carbocycles. The minimum Gasteiger partial charge on any atom is -0.464 e. The first kappa shape index (κ1) is 11.9. The molecular weight excluding hydrogens is 210 g/mol. The summed E-state index contributed by atoms with van der Waals surface area (Å²) in [5.74, 6) is 1.88. The molecule has 0 amide bonds. The lowest BCUT2D eigenvalue weighted by Gasteiger charge is -2.11. The average Bonchev–Trinajstić information content (AvgIpc) is 2.81. The third-order valence-corrected chi connectivity index (χ3v) is 3.10. The predicted octanol–water partition coefficient (Wildman–Crippen LogP) is 3.39. The van der Waals surface area contributed by atoms with Crippen LogP contribution >= 0.6 is 0 Å². The lowest BCUT2D eigenvalue weighted by atomic mass is 10.0. The van der Waals surface area contributed by atoms with E-state index in [4.69, 9.17) is 10.2 Å². The molecule has 17 heavy (non-hydrogen) atoms. The first-order chi connectivity index (χ1) is 8.20. The minimum atomic E-state index is -0.0589. The maximum absolute atomic E-state index is 6.17. The number of furan rings is 1. The van der Waals surface area contributed by atoms with Crippen LogP contribution < -0.4 is 5.73 Å². The number of benzene rings is 1. The van der Waals surface area contributed by atoms with Gasteiger partial charge < -0.3 is 10.2 Å². The molecule has 0 aliphatic rings. The zero-order valence-corrected chi connectivity index (χ0v) is 10.4. The Morgan fingerprint density at radius 1 is 1.18 bits per heavy atom. The Kier molecular flexibility index (Phi) is 3.64. The quantitative estimate of drug-likeness (QED) is 0.872. The molecule has 0 aliphatic heterocycles. The van der Waals surface area contributed by atoms with Crippen molar-refractivity contribution >= 4 is 0 Å². The summed E-state index contributed by atoms with van der Waals surface area (Å²) in [6, 6.07) is 12.3. The van der Waals surface area contributed by atoms with Crippen LogP contribution in [0.1, 0.15) is 35.6 Å². The zero-order chi connectivity index (χ0) is 12.3. The van der Waals surface area contributed by atoms with Crippen molar-refractivity contribution in [2.24, 2.45) is 5.73 Å². The van der Waals surface area contributed by atoms with Crippen molar-refractivity contribution in [3.05, 3.63) is 59.0 Å². The van der Waals surface area contributed by atoms with Crippen LogP contribution in [0.25, 0.3) is 0 Å². The smallest absolute Gasteiger partial charge is 0.121 e. The Morgan fingerprint density at radius 2 is 1.94 bits per heavy atom. The Bertz CT molecular complexity index is 487. The van der Waals surface area contributed by atoms with Crippen LogP contribution in [-0.4, -0.2) is 0 Å². The second-order valence-electron chi connectivity index (χ2n) is 4.39. The summed E-state index contributed by atoms with van der Waals surface area (Å²) in [6.07, 6.45) is 1.74. The van der Waals surface area contributed by atoms with Gasteiger partial charge in [0.15, 0.2) is 0 Å². The normalized spacial score (nSPS) is 12.6. The lowest BCUT2D eigenvalue weighted by Crippen LogP contribution is -2.13. The molecule has 90 valence electrons. The highest BCUT2D eigenvalue weighted by atomic mass is 16.3. The van der Waals surface area contributed by atoms with Crippen LogP contribution in [-0.2, 0) is 12.8 Å². The Labute approximate surface area is 102 Å². The Morgan fingerprint density at radius 3 is 2.59 bits per heavy atom. The molecule has 1 atom stereocenters. The van der Waals surface area contributed by atoms with Crippen molar-refractivity contribution < 1.29 is 4.42 Å². The van der Waals surface area contributed by atoms with E-state index >= 15 is 0 Å². The Hall–Kier alpha value is -1.54. The highest BCUT2D eigenvalue weighted by molar-refractivity contribution is 5.27. The first-order valence-corrected chi connectivity index (χ1v) is 6.09. The van der Waals surface area contributed by atoms with E-state index in [0.717, 1.165) is 24.4 Å². The molecule has 0 radical (unpaired) electrons. The molecule has 0 spiro atoms. The molecule has 0 bridgehead atoms. The fourth-order valence-corrected chi connectivity index (χ4v) is 1.96. The zero-order valence-electron chi connectivity index (χ0n) is 10.4. The van der Waals surface area contributed by atoms with Crippen molar-refractivity contribution in [2.75, 3.05) is 0 Å². The summed E-state index contributed by atoms with van der Waals surface area (Å²) in [7, 11) is 0. The summed E-state index contributed by atoms with van der Waals surface area (Å²) < 4.78 is 5.68. The molecule has 0 saturated heterocycles. The third kappa shape index (κ3) is 2.77. The number of rotatable bonds is 4. The van der Waals surface area contributed by atoms with Crippen LogP contribution in [0.5, 0.6) is 0 Å². The van der Waals surface area contributed by atoms with Crippen LogP contribution in [0, 0.1) is 6.92 Å². The summed E-state index contributed by atoms with van der Waals surface area (Å²) in [4.78, 5) is 0. The maximum Gasteiger partial charge on any atom is 0.121 e. The van der Waals surface area contributed by atoms with Gasteiger partial charge in [0, 0.05) is 6.42 Å². The van der Waals surface area contributed by atoms with E-state index in [1.54, 1.807) is 0 Å². The van der Waals surface area contributed by atoms with Gasteiger partial charge >= 0.3 is 0 Å². The highest BCUT2D eigenvalue weighted by Gasteiger charge is 2.12. The van der Waals surface area contributed by atoms with Crippen molar-refractivity contribution in [1.82, 2.24) is 0 Å². The largest absolute Gasteiger partial charge is 0.464 e. The molecule has 0 fully saturated rings. The van der Waals surface area contributed by atoms with Gasteiger partial charge in [0.25, 0.3) is 0 Å². The number of hydrogen-bond acceptors (Lipinski definition) is 2. The summed E-state index contributed by atoms with van der Waals surface area (Å²) in [6.45, 7) is 4.19. The standard InChI is InChI=1S/C15H19NO/c1-3-13-8-9-15(17-13)14(16)10-12-7-5-4-6-11(12)2/h4-9,14H,3,10,16H2,1-2H3. The topological polar surface area (TPSA) is 39.2 Å². The molecule has 0 saturated carbocycles. The van der Waals surface area contributed by atoms with Gasteiger partial charge in [-0.1, -0.05) is 31.2 Å². The van der Waals surface area contributed by atoms with Crippen LogP contribution in [0.3, 0.4) is 0 Å². The molecule has 2 N–H and O–H groups in total. The van der Waals surface area contributed by atoms with Crippen LogP contribution in [0.2, 0.25) is 0 Å². The molecular formula is C15H19NO. The van der Waals surface area contributed by atoms with Gasteiger partial charge in [-0.2, -0.15) is 0 Å². The molecule has 2 aromatic rings. The fourth-order valence-electron chi connectivity index (χ4n) is 1.96. The Balaban J connectivity index is 2.11. The van der Waals surface area contributed by atoms with Crippen molar-refractivity contribution in [3.8, 4) is 0 Å². The van der Waals surface area contributed by atoms with E-state index in [1.165, 1.54) is 11.1 Å². The van der Waals surface area contributed by atoms with E-state index in [9.17, 15) is 0 Å². The second kappa shape index (κ2) is 5.19. The summed E-state index contributed by atoms with van der Waals surface area (Å²) in [5, 5.41) is 0. The SMILES string of the molecule is CCc1ccc(C(N)Cc2ccccc2C)o1. The average molecular weight is 229 g/mol. The van der Waals surface area contributed by atoms with Crippen LogP contribution in [0.4, 0.5) is 0 Å². The van der Waals surface area contributed by atoms with Gasteiger partial charge in [0.05, 0.1) is 6.04 Å². The van der Waals surface area contributed by atoms with Crippen LogP contribution in [0.15, 0.2) is 40.8 Å². The monoisotopic (exact) mass is 229 g/mol. The van der Waals surface area contributed by atoms with Crippen molar-refractivity contribution in [3.63, 3.8) is 0 Å². The van der Waals surface area contributed by atoms with Crippen molar-refractivity contribution in [1.29, 1.82) is 0 Å². The molecule has 1 heterocycles. The summed E-state index contributed by atoms with van der Waals surface area (Å²) in [5.41, 5.74) is 8.74. The second-order valence-corrected chi connectivity index (χ2v) is 4.39. The molecule has 2 heteroatoms. The van der Waals surface area contributed by atoms with E-state index < -0.39 is 0 Å². The predicted molar refractivity (Wildman–Crippen MR) is 69.9 cm³/mol. The van der Waals surface area contributed by atoms with Gasteiger partial charge in [0.2, 0.25) is 0 Å². The number of aryl methyl sites for hydroxylation is 2. The van der Waals surface area contributed by atoms with Gasteiger partial charge in [0.1, 0.15) is 11.5 Å². The number of hydrogen-bond donors (Lipinski definition) is 1. The first-order valence-electron chi connectivity index (χ1n) is 6.09. The molecule has 2 rings (SSSR count). The minimum absolute atomic E-state index is 0.0589. The van der Waals surface area contributed by atoms with Gasteiger partial charge in [-0.15, -0.1) is 0 Å². The molecule has 1 aromatic heterocycles. The van der Waals surface area contributed by atoms with E-state index in [1.807, 2.05) is 18.2 Å². The lowest BCUT2D eigenvalue weighted by molar-refractivity contribution is 0.434. The summed E-state index contributed by atoms with van der Waals surface area (Å²) >= 11 is 0. The highest BCUT2D eigenvalue weighted by Crippen LogP contribution is 2.20. The van der Waals surface area contributed by atoms with E-state index in [-0.39, 0.29) is 6.04 Å². The fraction of sp³-hybridized carbons (Fsp3) is 0.333. The van der Waals surface area contributed by atoms with E-state index in [0.29, 0.717) is 0 Å².